The Morgan fingerprint density at radius 1 is 1.26 bits per heavy atom. The highest BCUT2D eigenvalue weighted by Gasteiger charge is 2.34. The van der Waals surface area contributed by atoms with Crippen LogP contribution in [0.25, 0.3) is 17.0 Å². The number of phenolic OH excluding ortho intramolecular Hbond substituents is 1. The number of esters is 1. The van der Waals surface area contributed by atoms with E-state index in [1.807, 2.05) is 34.6 Å². The first-order valence-electron chi connectivity index (χ1n) is 10.4. The summed E-state index contributed by atoms with van der Waals surface area (Å²) in [5.74, 6) is -0.827. The molecule has 0 radical (unpaired) electrons. The zero-order valence-corrected chi connectivity index (χ0v) is 18.7. The molecule has 1 N–H and O–H groups in total. The van der Waals surface area contributed by atoms with E-state index in [2.05, 4.69) is 0 Å². The summed E-state index contributed by atoms with van der Waals surface area (Å²) in [7, 11) is 0. The molecule has 0 saturated carbocycles. The number of benzene rings is 1. The van der Waals surface area contributed by atoms with Gasteiger partial charge in [0.2, 0.25) is 0 Å². The number of carbonyl (C=O) groups is 2. The van der Waals surface area contributed by atoms with Gasteiger partial charge in [0, 0.05) is 25.0 Å². The van der Waals surface area contributed by atoms with Crippen molar-refractivity contribution >= 4 is 28.8 Å². The average Bonchev–Trinajstić information content (AvgIpc) is 2.63. The fraction of sp³-hybridized carbons (Fsp3) is 0.458. The lowest BCUT2D eigenvalue weighted by atomic mass is 9.90. The molecule has 0 spiro atoms. The van der Waals surface area contributed by atoms with Crippen LogP contribution in [0.5, 0.6) is 11.5 Å². The van der Waals surface area contributed by atoms with E-state index in [-0.39, 0.29) is 40.8 Å². The topological polar surface area (TPSA) is 103 Å². The zero-order chi connectivity index (χ0) is 23.1. The number of ether oxygens (including phenoxy) is 2. The fourth-order valence-electron chi connectivity index (χ4n) is 3.80. The fourth-order valence-corrected chi connectivity index (χ4v) is 3.80. The number of hydrogen-bond donors (Lipinski definition) is 1. The minimum atomic E-state index is -0.747. The molecule has 0 fully saturated rings. The third kappa shape index (κ3) is 4.36. The summed E-state index contributed by atoms with van der Waals surface area (Å²) in [6.07, 6.45) is 3.28. The second-order valence-electron chi connectivity index (χ2n) is 8.76. The maximum Gasteiger partial charge on any atom is 0.336 e. The average molecular weight is 428 g/mol. The van der Waals surface area contributed by atoms with Crippen molar-refractivity contribution in [3.63, 3.8) is 0 Å². The molecular weight excluding hydrogens is 400 g/mol. The van der Waals surface area contributed by atoms with E-state index in [1.54, 1.807) is 12.2 Å². The van der Waals surface area contributed by atoms with Crippen molar-refractivity contribution in [1.82, 2.24) is 0 Å². The zero-order valence-electron chi connectivity index (χ0n) is 18.7. The quantitative estimate of drug-likeness (QED) is 0.395. The van der Waals surface area contributed by atoms with Gasteiger partial charge in [-0.2, -0.15) is 0 Å². The maximum atomic E-state index is 13.1. The van der Waals surface area contributed by atoms with E-state index in [0.717, 1.165) is 0 Å². The molecule has 3 rings (SSSR count). The third-order valence-electron chi connectivity index (χ3n) is 5.10. The molecule has 1 aliphatic rings. The van der Waals surface area contributed by atoms with Crippen LogP contribution in [0.3, 0.4) is 0 Å². The van der Waals surface area contributed by atoms with Crippen LogP contribution < -0.4 is 10.4 Å². The van der Waals surface area contributed by atoms with Gasteiger partial charge >= 0.3 is 11.6 Å². The van der Waals surface area contributed by atoms with Crippen LogP contribution in [-0.4, -0.2) is 22.5 Å². The van der Waals surface area contributed by atoms with E-state index >= 15 is 0 Å². The third-order valence-corrected chi connectivity index (χ3v) is 5.10. The molecule has 2 aromatic rings. The molecule has 0 amide bonds. The number of fused-ring (bicyclic) bond motifs is 3. The van der Waals surface area contributed by atoms with Gasteiger partial charge in [0.15, 0.2) is 11.4 Å². The van der Waals surface area contributed by atoms with Gasteiger partial charge in [-0.1, -0.05) is 20.8 Å². The maximum absolute atomic E-state index is 13.1. The lowest BCUT2D eigenvalue weighted by Gasteiger charge is -2.30. The van der Waals surface area contributed by atoms with Crippen molar-refractivity contribution in [1.29, 1.82) is 0 Å². The standard InChI is InChI=1S/C24H28O7/c1-7-17(29-13(4)25)15-11-18(27)30-23-19(15)22-14(8-9-24(5,6)31-22)21(28)20(23)16(26)10-12(2)3/h8-9,11-12,17,28H,7,10H2,1-6H3/t17-/m1/s1. The van der Waals surface area contributed by atoms with Gasteiger partial charge in [-0.15, -0.1) is 0 Å². The predicted octanol–water partition coefficient (Wildman–Crippen LogP) is 4.93. The van der Waals surface area contributed by atoms with E-state index in [1.165, 1.54) is 13.0 Å². The van der Waals surface area contributed by atoms with Crippen molar-refractivity contribution in [2.75, 3.05) is 0 Å². The lowest BCUT2D eigenvalue weighted by Crippen LogP contribution is -2.28. The highest BCUT2D eigenvalue weighted by atomic mass is 16.5. The van der Waals surface area contributed by atoms with E-state index < -0.39 is 23.3 Å². The van der Waals surface area contributed by atoms with Crippen molar-refractivity contribution < 1.29 is 28.6 Å². The van der Waals surface area contributed by atoms with Gasteiger partial charge < -0.3 is 19.0 Å². The molecule has 1 aromatic carbocycles. The number of Topliss-reactive ketones (excluding diaryl/α,β-unsaturated/α-hetero) is 1. The van der Waals surface area contributed by atoms with Gasteiger partial charge in [0.05, 0.1) is 10.9 Å². The summed E-state index contributed by atoms with van der Waals surface area (Å²) < 4.78 is 17.1. The summed E-state index contributed by atoms with van der Waals surface area (Å²) in [6, 6.07) is 1.25. The van der Waals surface area contributed by atoms with E-state index in [4.69, 9.17) is 13.9 Å². The summed E-state index contributed by atoms with van der Waals surface area (Å²) >= 11 is 0. The number of ketones is 1. The van der Waals surface area contributed by atoms with Gasteiger partial charge in [-0.3, -0.25) is 9.59 Å². The van der Waals surface area contributed by atoms with Crippen LogP contribution in [0.1, 0.15) is 82.0 Å². The second kappa shape index (κ2) is 8.21. The van der Waals surface area contributed by atoms with E-state index in [9.17, 15) is 19.5 Å². The van der Waals surface area contributed by atoms with Crippen LogP contribution >= 0.6 is 0 Å². The van der Waals surface area contributed by atoms with Crippen LogP contribution in [0, 0.1) is 5.92 Å². The number of aromatic hydroxyl groups is 1. The first kappa shape index (κ1) is 22.6. The van der Waals surface area contributed by atoms with Gasteiger partial charge in [0.1, 0.15) is 28.8 Å². The van der Waals surface area contributed by atoms with E-state index in [0.29, 0.717) is 22.9 Å². The molecule has 0 aliphatic carbocycles. The Hall–Kier alpha value is -3.09. The SMILES string of the molecule is CC[C@@H](OC(C)=O)c1cc(=O)oc2c(C(=O)CC(C)C)c(O)c3c(c12)OC(C)(C)C=C3. The molecular formula is C24H28O7. The Labute approximate surface area is 180 Å². The Balaban J connectivity index is 2.47. The summed E-state index contributed by atoms with van der Waals surface area (Å²) in [4.78, 5) is 37.2. The molecule has 2 heterocycles. The summed E-state index contributed by atoms with van der Waals surface area (Å²) in [5, 5.41) is 11.4. The normalized spacial score (nSPS) is 15.5. The molecule has 0 bridgehead atoms. The molecule has 31 heavy (non-hydrogen) atoms. The lowest BCUT2D eigenvalue weighted by molar-refractivity contribution is -0.146. The second-order valence-corrected chi connectivity index (χ2v) is 8.76. The highest BCUT2D eigenvalue weighted by molar-refractivity contribution is 6.12. The minimum absolute atomic E-state index is 0.0306. The molecule has 7 nitrogen and oxygen atoms in total. The number of carbonyl (C=O) groups excluding carboxylic acids is 2. The Morgan fingerprint density at radius 3 is 2.52 bits per heavy atom. The first-order valence-corrected chi connectivity index (χ1v) is 10.4. The number of rotatable bonds is 6. The molecule has 1 atom stereocenters. The Morgan fingerprint density at radius 2 is 1.94 bits per heavy atom. The van der Waals surface area contributed by atoms with Crippen LogP contribution in [0.4, 0.5) is 0 Å². The van der Waals surface area contributed by atoms with Crippen molar-refractivity contribution in [2.45, 2.75) is 66.1 Å². The van der Waals surface area contributed by atoms with Crippen molar-refractivity contribution in [2.24, 2.45) is 5.92 Å². The predicted molar refractivity (Wildman–Crippen MR) is 116 cm³/mol. The molecule has 1 aromatic heterocycles. The van der Waals surface area contributed by atoms with Crippen LogP contribution in [0.2, 0.25) is 0 Å². The summed E-state index contributed by atoms with van der Waals surface area (Å²) in [5.41, 5.74) is -0.826. The molecule has 7 heteroatoms. The number of phenols is 1. The molecule has 0 saturated heterocycles. The Kier molecular flexibility index (Phi) is 5.98. The largest absolute Gasteiger partial charge is 0.506 e. The summed E-state index contributed by atoms with van der Waals surface area (Å²) in [6.45, 7) is 10.6. The Bertz CT molecular complexity index is 1140. The first-order chi connectivity index (χ1) is 14.4. The molecule has 166 valence electrons. The highest BCUT2D eigenvalue weighted by Crippen LogP contribution is 2.48. The molecule has 1 aliphatic heterocycles. The van der Waals surface area contributed by atoms with Crippen LogP contribution in [-0.2, 0) is 9.53 Å². The monoisotopic (exact) mass is 428 g/mol. The minimum Gasteiger partial charge on any atom is -0.506 e. The van der Waals surface area contributed by atoms with Crippen LogP contribution in [0.15, 0.2) is 21.4 Å². The van der Waals surface area contributed by atoms with Crippen molar-refractivity contribution in [3.8, 4) is 11.5 Å². The van der Waals surface area contributed by atoms with Crippen molar-refractivity contribution in [3.05, 3.63) is 39.3 Å². The van der Waals surface area contributed by atoms with Gasteiger partial charge in [-0.05, 0) is 38.3 Å². The molecule has 0 unspecified atom stereocenters. The smallest absolute Gasteiger partial charge is 0.336 e. The van der Waals surface area contributed by atoms with Gasteiger partial charge in [0.25, 0.3) is 0 Å². The number of hydrogen-bond acceptors (Lipinski definition) is 7. The van der Waals surface area contributed by atoms with Gasteiger partial charge in [-0.25, -0.2) is 4.79 Å².